The Hall–Kier alpha value is -1.75. The molecular weight excluding hydrogens is 266 g/mol. The quantitative estimate of drug-likeness (QED) is 0.809. The fourth-order valence-electron chi connectivity index (χ4n) is 3.00. The number of hydrogen-bond acceptors (Lipinski definition) is 4. The number of nitrogens with two attached hydrogens (primary N) is 1. The summed E-state index contributed by atoms with van der Waals surface area (Å²) in [7, 11) is 0. The van der Waals surface area contributed by atoms with E-state index in [-0.39, 0.29) is 11.9 Å². The molecule has 0 aromatic heterocycles. The van der Waals surface area contributed by atoms with Gasteiger partial charge in [0.15, 0.2) is 0 Å². The largest absolute Gasteiger partial charge is 0.493 e. The zero-order valence-electron chi connectivity index (χ0n) is 12.5. The molecule has 0 bridgehead atoms. The van der Waals surface area contributed by atoms with Gasteiger partial charge >= 0.3 is 0 Å². The topological polar surface area (TPSA) is 67.6 Å². The number of nitrogens with one attached hydrogen (secondary N) is 1. The van der Waals surface area contributed by atoms with Gasteiger partial charge in [0.2, 0.25) is 0 Å². The number of nitrogens with zero attached hydrogens (tertiary/aromatic N) is 1. The van der Waals surface area contributed by atoms with E-state index >= 15 is 0 Å². The van der Waals surface area contributed by atoms with Crippen LogP contribution in [0.5, 0.6) is 5.75 Å². The van der Waals surface area contributed by atoms with Crippen LogP contribution in [0.15, 0.2) is 18.2 Å². The van der Waals surface area contributed by atoms with Crippen LogP contribution in [0.25, 0.3) is 0 Å². The second-order valence-electron chi connectivity index (χ2n) is 5.84. The van der Waals surface area contributed by atoms with E-state index in [1.54, 1.807) is 12.1 Å². The first-order valence-electron chi connectivity index (χ1n) is 7.75. The Labute approximate surface area is 125 Å². The number of ether oxygens (including phenoxy) is 1. The van der Waals surface area contributed by atoms with Crippen LogP contribution in [0.1, 0.15) is 36.5 Å². The molecule has 1 aromatic carbocycles. The number of likely N-dealkylation sites (tertiary alicyclic amines) is 1. The Morgan fingerprint density at radius 2 is 2.24 bits per heavy atom. The lowest BCUT2D eigenvalue weighted by Gasteiger charge is -2.17. The molecule has 5 nitrogen and oxygen atoms in total. The van der Waals surface area contributed by atoms with Crippen molar-refractivity contribution in [3.8, 4) is 5.75 Å². The molecule has 1 aliphatic carbocycles. The number of carbonyl (C=O) groups is 1. The lowest BCUT2D eigenvalue weighted by atomic mass is 10.1. The smallest absolute Gasteiger partial charge is 0.257 e. The second-order valence-corrected chi connectivity index (χ2v) is 5.84. The highest BCUT2D eigenvalue weighted by molar-refractivity contribution is 6.02. The summed E-state index contributed by atoms with van der Waals surface area (Å²) < 4.78 is 5.52. The Bertz CT molecular complexity index is 528. The van der Waals surface area contributed by atoms with Gasteiger partial charge in [-0.15, -0.1) is 0 Å². The highest BCUT2D eigenvalue weighted by Gasteiger charge is 2.35. The maximum atomic E-state index is 12.5. The molecule has 3 N–H and O–H groups in total. The van der Waals surface area contributed by atoms with Gasteiger partial charge < -0.3 is 15.8 Å². The van der Waals surface area contributed by atoms with Crippen LogP contribution < -0.4 is 15.8 Å². The monoisotopic (exact) mass is 289 g/mol. The molecule has 1 atom stereocenters. The first-order valence-corrected chi connectivity index (χ1v) is 7.75. The van der Waals surface area contributed by atoms with Gasteiger partial charge in [0, 0.05) is 30.9 Å². The summed E-state index contributed by atoms with van der Waals surface area (Å²) >= 11 is 0. The van der Waals surface area contributed by atoms with Crippen LogP contribution >= 0.6 is 0 Å². The third-order valence-electron chi connectivity index (χ3n) is 4.20. The van der Waals surface area contributed by atoms with Crippen LogP contribution in [0, 0.1) is 0 Å². The zero-order valence-corrected chi connectivity index (χ0v) is 12.5. The van der Waals surface area contributed by atoms with Crippen molar-refractivity contribution < 1.29 is 9.53 Å². The normalized spacial score (nSPS) is 22.2. The molecule has 0 radical (unpaired) electrons. The highest BCUT2D eigenvalue weighted by atomic mass is 16.5. The Balaban J connectivity index is 1.67. The molecule has 114 valence electrons. The number of amides is 1. The summed E-state index contributed by atoms with van der Waals surface area (Å²) in [6, 6.07) is 6.31. The van der Waals surface area contributed by atoms with E-state index in [4.69, 9.17) is 10.5 Å². The van der Waals surface area contributed by atoms with E-state index in [0.717, 1.165) is 25.6 Å². The van der Waals surface area contributed by atoms with Crippen molar-refractivity contribution in [2.24, 2.45) is 0 Å². The predicted molar refractivity (Wildman–Crippen MR) is 82.5 cm³/mol. The molecule has 1 aromatic rings. The van der Waals surface area contributed by atoms with Crippen molar-refractivity contribution in [3.63, 3.8) is 0 Å². The Morgan fingerprint density at radius 1 is 1.43 bits per heavy atom. The molecule has 2 aliphatic rings. The first kappa shape index (κ1) is 14.2. The van der Waals surface area contributed by atoms with Gasteiger partial charge in [0.1, 0.15) is 11.3 Å². The zero-order chi connectivity index (χ0) is 14.8. The molecule has 21 heavy (non-hydrogen) atoms. The number of rotatable bonds is 5. The van der Waals surface area contributed by atoms with Crippen LogP contribution in [0.4, 0.5) is 5.69 Å². The summed E-state index contributed by atoms with van der Waals surface area (Å²) in [4.78, 5) is 15.0. The van der Waals surface area contributed by atoms with E-state index in [0.29, 0.717) is 23.6 Å². The molecule has 2 fully saturated rings. The molecule has 1 heterocycles. The SMILES string of the molecule is CCOc1cccc(N)c1C(=O)NC1CCN(C2CC2)C1. The summed E-state index contributed by atoms with van der Waals surface area (Å²) in [5, 5.41) is 3.11. The van der Waals surface area contributed by atoms with Crippen molar-refractivity contribution >= 4 is 11.6 Å². The lowest BCUT2D eigenvalue weighted by molar-refractivity contribution is 0.0934. The van der Waals surface area contributed by atoms with Crippen molar-refractivity contribution in [1.29, 1.82) is 0 Å². The maximum absolute atomic E-state index is 12.5. The second kappa shape index (κ2) is 5.93. The molecule has 3 rings (SSSR count). The molecule has 1 saturated carbocycles. The van der Waals surface area contributed by atoms with Crippen molar-refractivity contribution in [1.82, 2.24) is 10.2 Å². The van der Waals surface area contributed by atoms with E-state index in [9.17, 15) is 4.79 Å². The van der Waals surface area contributed by atoms with Gasteiger partial charge in [-0.3, -0.25) is 9.69 Å². The van der Waals surface area contributed by atoms with Crippen molar-refractivity contribution in [2.75, 3.05) is 25.4 Å². The summed E-state index contributed by atoms with van der Waals surface area (Å²) in [6.45, 7) is 4.45. The molecule has 1 amide bonds. The number of nitrogen functional groups attached to an aromatic ring is 1. The van der Waals surface area contributed by atoms with Crippen molar-refractivity contribution in [3.05, 3.63) is 23.8 Å². The van der Waals surface area contributed by atoms with Crippen LogP contribution in [-0.2, 0) is 0 Å². The summed E-state index contributed by atoms with van der Waals surface area (Å²) in [6.07, 6.45) is 3.63. The number of anilines is 1. The van der Waals surface area contributed by atoms with Gasteiger partial charge in [-0.05, 0) is 38.3 Å². The Kier molecular flexibility index (Phi) is 4.01. The minimum atomic E-state index is -0.126. The van der Waals surface area contributed by atoms with E-state index < -0.39 is 0 Å². The minimum Gasteiger partial charge on any atom is -0.493 e. The van der Waals surface area contributed by atoms with Crippen molar-refractivity contribution in [2.45, 2.75) is 38.3 Å². The molecule has 1 saturated heterocycles. The Morgan fingerprint density at radius 3 is 2.95 bits per heavy atom. The molecular formula is C16H23N3O2. The standard InChI is InChI=1S/C16H23N3O2/c1-2-21-14-5-3-4-13(17)15(14)16(20)18-11-8-9-19(10-11)12-6-7-12/h3-5,11-12H,2,6-10,17H2,1H3,(H,18,20). The number of carbonyl (C=O) groups excluding carboxylic acids is 1. The van der Waals surface area contributed by atoms with Crippen LogP contribution in [0.2, 0.25) is 0 Å². The van der Waals surface area contributed by atoms with Gasteiger partial charge in [0.25, 0.3) is 5.91 Å². The van der Waals surface area contributed by atoms with Crippen LogP contribution in [0.3, 0.4) is 0 Å². The highest BCUT2D eigenvalue weighted by Crippen LogP contribution is 2.30. The fourth-order valence-corrected chi connectivity index (χ4v) is 3.00. The molecule has 0 spiro atoms. The van der Waals surface area contributed by atoms with E-state index in [2.05, 4.69) is 10.2 Å². The molecule has 1 unspecified atom stereocenters. The third-order valence-corrected chi connectivity index (χ3v) is 4.20. The minimum absolute atomic E-state index is 0.126. The number of benzene rings is 1. The van der Waals surface area contributed by atoms with Gasteiger partial charge in [-0.25, -0.2) is 0 Å². The fraction of sp³-hybridized carbons (Fsp3) is 0.562. The van der Waals surface area contributed by atoms with Crippen LogP contribution in [-0.4, -0.2) is 42.6 Å². The summed E-state index contributed by atoms with van der Waals surface area (Å²) in [5.74, 6) is 0.436. The van der Waals surface area contributed by atoms with Gasteiger partial charge in [-0.1, -0.05) is 6.07 Å². The third kappa shape index (κ3) is 3.13. The van der Waals surface area contributed by atoms with Gasteiger partial charge in [-0.2, -0.15) is 0 Å². The lowest BCUT2D eigenvalue weighted by Crippen LogP contribution is -2.38. The predicted octanol–water partition coefficient (Wildman–Crippen LogP) is 1.63. The first-order chi connectivity index (χ1) is 10.2. The number of hydrogen-bond donors (Lipinski definition) is 2. The van der Waals surface area contributed by atoms with E-state index in [1.807, 2.05) is 13.0 Å². The average molecular weight is 289 g/mol. The van der Waals surface area contributed by atoms with Gasteiger partial charge in [0.05, 0.1) is 6.61 Å². The average Bonchev–Trinajstić information content (AvgIpc) is 3.20. The maximum Gasteiger partial charge on any atom is 0.257 e. The molecule has 5 heteroatoms. The van der Waals surface area contributed by atoms with E-state index in [1.165, 1.54) is 12.8 Å². The molecule has 1 aliphatic heterocycles. The summed E-state index contributed by atoms with van der Waals surface area (Å²) in [5.41, 5.74) is 6.89.